The van der Waals surface area contributed by atoms with Gasteiger partial charge in [0.25, 0.3) is 0 Å². The summed E-state index contributed by atoms with van der Waals surface area (Å²) in [6.07, 6.45) is 3.04. The molecule has 120 valence electrons. The number of fused-ring (bicyclic) bond motifs is 1. The van der Waals surface area contributed by atoms with Gasteiger partial charge in [-0.3, -0.25) is 4.79 Å². The van der Waals surface area contributed by atoms with Crippen molar-refractivity contribution in [3.8, 4) is 0 Å². The van der Waals surface area contributed by atoms with E-state index in [1.54, 1.807) is 0 Å². The van der Waals surface area contributed by atoms with Gasteiger partial charge in [-0.2, -0.15) is 0 Å². The first-order chi connectivity index (χ1) is 10.6. The Hall–Kier alpha value is -1.81. The number of nitrogens with one attached hydrogen (secondary N) is 1. The average molecular weight is 302 g/mol. The van der Waals surface area contributed by atoms with Gasteiger partial charge in [-0.25, -0.2) is 0 Å². The third-order valence-corrected chi connectivity index (χ3v) is 4.15. The van der Waals surface area contributed by atoms with Crippen molar-refractivity contribution in [2.45, 2.75) is 46.2 Å². The lowest BCUT2D eigenvalue weighted by Gasteiger charge is -2.21. The van der Waals surface area contributed by atoms with E-state index in [0.717, 1.165) is 17.5 Å². The second kappa shape index (κ2) is 7.45. The highest BCUT2D eigenvalue weighted by atomic mass is 16.3. The van der Waals surface area contributed by atoms with E-state index in [2.05, 4.69) is 49.0 Å². The highest BCUT2D eigenvalue weighted by Crippen LogP contribution is 2.22. The van der Waals surface area contributed by atoms with E-state index < -0.39 is 0 Å². The van der Waals surface area contributed by atoms with Crippen molar-refractivity contribution in [3.63, 3.8) is 0 Å². The molecular weight excluding hydrogens is 276 g/mol. The Morgan fingerprint density at radius 3 is 2.68 bits per heavy atom. The predicted molar refractivity (Wildman–Crippen MR) is 89.8 cm³/mol. The van der Waals surface area contributed by atoms with Crippen LogP contribution < -0.4 is 5.32 Å². The van der Waals surface area contributed by atoms with Gasteiger partial charge in [0, 0.05) is 36.3 Å². The monoisotopic (exact) mass is 302 g/mol. The Balaban J connectivity index is 2.15. The highest BCUT2D eigenvalue weighted by molar-refractivity contribution is 5.89. The molecule has 0 aliphatic rings. The molecule has 1 atom stereocenters. The Bertz CT molecular complexity index is 631. The van der Waals surface area contributed by atoms with Crippen LogP contribution in [0.4, 0.5) is 0 Å². The molecule has 4 heteroatoms. The minimum Gasteiger partial charge on any atom is -0.396 e. The summed E-state index contributed by atoms with van der Waals surface area (Å²) in [7, 11) is 0. The highest BCUT2D eigenvalue weighted by Gasteiger charge is 2.17. The van der Waals surface area contributed by atoms with E-state index in [1.165, 1.54) is 5.52 Å². The maximum atomic E-state index is 12.3. The number of amides is 1. The maximum absolute atomic E-state index is 12.3. The van der Waals surface area contributed by atoms with Gasteiger partial charge in [0.2, 0.25) is 5.91 Å². The molecule has 0 spiro atoms. The lowest BCUT2D eigenvalue weighted by molar-refractivity contribution is -0.121. The van der Waals surface area contributed by atoms with Gasteiger partial charge >= 0.3 is 0 Å². The number of benzene rings is 1. The minimum atomic E-state index is 0.0196. The van der Waals surface area contributed by atoms with E-state index in [4.69, 9.17) is 5.11 Å². The molecule has 1 amide bonds. The zero-order chi connectivity index (χ0) is 16.1. The summed E-state index contributed by atoms with van der Waals surface area (Å²) in [6.45, 7) is 7.21. The Kier molecular flexibility index (Phi) is 5.61. The quantitative estimate of drug-likeness (QED) is 0.826. The summed E-state index contributed by atoms with van der Waals surface area (Å²) in [5.41, 5.74) is 2.23. The van der Waals surface area contributed by atoms with Gasteiger partial charge in [-0.05, 0) is 30.9 Å². The first-order valence-electron chi connectivity index (χ1n) is 8.03. The first-order valence-corrected chi connectivity index (χ1v) is 8.03. The molecule has 0 fully saturated rings. The van der Waals surface area contributed by atoms with Crippen molar-refractivity contribution in [2.24, 2.45) is 5.92 Å². The van der Waals surface area contributed by atoms with E-state index in [-0.39, 0.29) is 18.6 Å². The number of hydrogen-bond donors (Lipinski definition) is 2. The first kappa shape index (κ1) is 16.6. The van der Waals surface area contributed by atoms with E-state index in [1.807, 2.05) is 12.1 Å². The number of carbonyl (C=O) groups is 1. The topological polar surface area (TPSA) is 54.3 Å². The summed E-state index contributed by atoms with van der Waals surface area (Å²) in [5, 5.41) is 13.3. The number of aromatic nitrogens is 1. The molecule has 0 saturated carbocycles. The summed E-state index contributed by atoms with van der Waals surface area (Å²) >= 11 is 0. The van der Waals surface area contributed by atoms with Gasteiger partial charge in [0.05, 0.1) is 6.42 Å². The summed E-state index contributed by atoms with van der Waals surface area (Å²) in [6, 6.07) is 8.21. The maximum Gasteiger partial charge on any atom is 0.224 e. The Morgan fingerprint density at radius 1 is 1.32 bits per heavy atom. The number of hydrogen-bond acceptors (Lipinski definition) is 2. The Morgan fingerprint density at radius 2 is 2.05 bits per heavy atom. The van der Waals surface area contributed by atoms with Crippen LogP contribution in [0.5, 0.6) is 0 Å². The molecule has 4 nitrogen and oxygen atoms in total. The van der Waals surface area contributed by atoms with Crippen LogP contribution in [0.1, 0.15) is 32.8 Å². The summed E-state index contributed by atoms with van der Waals surface area (Å²) in [4.78, 5) is 12.3. The van der Waals surface area contributed by atoms with Gasteiger partial charge < -0.3 is 15.0 Å². The van der Waals surface area contributed by atoms with Crippen molar-refractivity contribution in [2.75, 3.05) is 6.61 Å². The van der Waals surface area contributed by atoms with Crippen LogP contribution in [0.2, 0.25) is 0 Å². The van der Waals surface area contributed by atoms with Crippen molar-refractivity contribution in [1.29, 1.82) is 0 Å². The fraction of sp³-hybridized carbons (Fsp3) is 0.500. The van der Waals surface area contributed by atoms with Gasteiger partial charge in [-0.15, -0.1) is 0 Å². The molecule has 1 aromatic carbocycles. The second-order valence-corrected chi connectivity index (χ2v) is 6.06. The largest absolute Gasteiger partial charge is 0.396 e. The van der Waals surface area contributed by atoms with Crippen LogP contribution in [-0.4, -0.2) is 28.2 Å². The van der Waals surface area contributed by atoms with E-state index in [0.29, 0.717) is 18.8 Å². The van der Waals surface area contributed by atoms with Gasteiger partial charge in [0.15, 0.2) is 0 Å². The number of rotatable bonds is 7. The smallest absolute Gasteiger partial charge is 0.224 e. The molecule has 0 aliphatic carbocycles. The van der Waals surface area contributed by atoms with Crippen LogP contribution in [0, 0.1) is 5.92 Å². The van der Waals surface area contributed by atoms with Crippen molar-refractivity contribution in [1.82, 2.24) is 9.88 Å². The van der Waals surface area contributed by atoms with Crippen LogP contribution in [0.15, 0.2) is 30.5 Å². The molecule has 2 rings (SSSR count). The number of para-hydroxylation sites is 1. The summed E-state index contributed by atoms with van der Waals surface area (Å²) in [5.74, 6) is 0.333. The molecule has 2 aromatic rings. The van der Waals surface area contributed by atoms with Crippen molar-refractivity contribution < 1.29 is 9.90 Å². The van der Waals surface area contributed by atoms with E-state index >= 15 is 0 Å². The number of carbonyl (C=O) groups excluding carboxylic acids is 1. The fourth-order valence-corrected chi connectivity index (χ4v) is 2.87. The predicted octanol–water partition coefficient (Wildman–Crippen LogP) is 2.73. The molecule has 1 heterocycles. The molecular formula is C18H26N2O2. The summed E-state index contributed by atoms with van der Waals surface area (Å²) < 4.78 is 2.17. The molecule has 1 aromatic heterocycles. The lowest BCUT2D eigenvalue weighted by atomic mass is 10.0. The molecule has 0 bridgehead atoms. The second-order valence-electron chi connectivity index (χ2n) is 6.06. The zero-order valence-corrected chi connectivity index (χ0v) is 13.7. The van der Waals surface area contributed by atoms with Crippen LogP contribution >= 0.6 is 0 Å². The van der Waals surface area contributed by atoms with Gasteiger partial charge in [-0.1, -0.05) is 32.0 Å². The average Bonchev–Trinajstić information content (AvgIpc) is 2.85. The normalized spacial score (nSPS) is 12.8. The standard InChI is InChI=1S/C18H26N2O2/c1-4-20-12-14(15-7-5-6-8-17(15)20)11-18(22)19-16(9-10-21)13(2)3/h5-8,12-13,16,21H,4,9-11H2,1-3H3,(H,19,22). The molecule has 1 unspecified atom stereocenters. The molecule has 0 aliphatic heterocycles. The van der Waals surface area contributed by atoms with Crippen LogP contribution in [0.3, 0.4) is 0 Å². The molecule has 2 N–H and O–H groups in total. The van der Waals surface area contributed by atoms with Gasteiger partial charge in [0.1, 0.15) is 0 Å². The van der Waals surface area contributed by atoms with Crippen LogP contribution in [0.25, 0.3) is 10.9 Å². The number of aliphatic hydroxyl groups is 1. The molecule has 0 saturated heterocycles. The van der Waals surface area contributed by atoms with E-state index in [9.17, 15) is 4.79 Å². The van der Waals surface area contributed by atoms with Crippen LogP contribution in [-0.2, 0) is 17.8 Å². The SMILES string of the molecule is CCn1cc(CC(=O)NC(CCO)C(C)C)c2ccccc21. The number of aryl methyl sites for hydroxylation is 1. The molecule has 0 radical (unpaired) electrons. The van der Waals surface area contributed by atoms with Crippen molar-refractivity contribution in [3.05, 3.63) is 36.0 Å². The minimum absolute atomic E-state index is 0.0196. The fourth-order valence-electron chi connectivity index (χ4n) is 2.87. The van der Waals surface area contributed by atoms with Crippen molar-refractivity contribution >= 4 is 16.8 Å². The third kappa shape index (κ3) is 3.69. The zero-order valence-electron chi connectivity index (χ0n) is 13.7. The number of nitrogens with zero attached hydrogens (tertiary/aromatic N) is 1. The number of aliphatic hydroxyl groups excluding tert-OH is 1. The molecule has 22 heavy (non-hydrogen) atoms. The lowest BCUT2D eigenvalue weighted by Crippen LogP contribution is -2.39. The Labute approximate surface area is 132 Å². The third-order valence-electron chi connectivity index (χ3n) is 4.15.